The largest absolute Gasteiger partial charge is 0.402 e. The molecule has 0 atom stereocenters. The van der Waals surface area contributed by atoms with Gasteiger partial charge in [-0.05, 0) is 25.5 Å². The van der Waals surface area contributed by atoms with Crippen molar-refractivity contribution in [1.82, 2.24) is 9.97 Å². The summed E-state index contributed by atoms with van der Waals surface area (Å²) in [6, 6.07) is 11.6. The Hall–Kier alpha value is -3.06. The number of thiazole rings is 1. The molecule has 3 aromatic rings. The summed E-state index contributed by atoms with van der Waals surface area (Å²) >= 11 is 1.49. The molecule has 1 aromatic carbocycles. The van der Waals surface area contributed by atoms with Gasteiger partial charge in [0, 0.05) is 11.3 Å². The molecule has 126 valence electrons. The predicted molar refractivity (Wildman–Crippen MR) is 102 cm³/mol. The molecule has 4 N–H and O–H groups in total. The Bertz CT molecular complexity index is 987. The number of rotatable bonds is 4. The smallest absolute Gasteiger partial charge is 0.273 e. The van der Waals surface area contributed by atoms with Crippen LogP contribution in [0.4, 0.5) is 5.69 Å². The molecule has 1 amide bonds. The molecular formula is C18H17N5OS. The van der Waals surface area contributed by atoms with Gasteiger partial charge in [0.1, 0.15) is 21.1 Å². The van der Waals surface area contributed by atoms with Gasteiger partial charge in [-0.15, -0.1) is 0 Å². The van der Waals surface area contributed by atoms with Gasteiger partial charge >= 0.3 is 0 Å². The fourth-order valence-electron chi connectivity index (χ4n) is 2.16. The molecule has 0 saturated heterocycles. The number of nitrogens with one attached hydrogen (secondary N) is 2. The average molecular weight is 351 g/mol. The standard InChI is InChI=1S/C18H17N5OS/c1-10(11(2)19)15(20)16(24)22-13-8-14-18(21-9-13)25-17(23-14)12-6-4-3-5-7-12/h3-9,20H,19H2,1-2H3,(H,22,24)/b11-10-,20-15?. The summed E-state index contributed by atoms with van der Waals surface area (Å²) in [6.45, 7) is 3.30. The minimum atomic E-state index is -0.526. The van der Waals surface area contributed by atoms with Crippen LogP contribution < -0.4 is 11.1 Å². The number of nitrogens with two attached hydrogens (primary N) is 1. The van der Waals surface area contributed by atoms with Crippen LogP contribution in [0.15, 0.2) is 53.9 Å². The van der Waals surface area contributed by atoms with E-state index < -0.39 is 5.91 Å². The van der Waals surface area contributed by atoms with E-state index in [0.29, 0.717) is 22.5 Å². The summed E-state index contributed by atoms with van der Waals surface area (Å²) < 4.78 is 0. The molecule has 0 bridgehead atoms. The third kappa shape index (κ3) is 3.56. The first-order valence-electron chi connectivity index (χ1n) is 7.61. The van der Waals surface area contributed by atoms with Crippen molar-refractivity contribution in [2.24, 2.45) is 5.73 Å². The summed E-state index contributed by atoms with van der Waals surface area (Å²) in [5.74, 6) is -0.526. The van der Waals surface area contributed by atoms with E-state index in [1.165, 1.54) is 11.3 Å². The van der Waals surface area contributed by atoms with Gasteiger partial charge in [0.05, 0.1) is 11.9 Å². The molecule has 0 unspecified atom stereocenters. The Labute approximate surface area is 148 Å². The van der Waals surface area contributed by atoms with Crippen molar-refractivity contribution in [3.05, 3.63) is 53.9 Å². The van der Waals surface area contributed by atoms with E-state index in [0.717, 1.165) is 15.4 Å². The first kappa shape index (κ1) is 16.8. The lowest BCUT2D eigenvalue weighted by molar-refractivity contribution is -0.110. The fourth-order valence-corrected chi connectivity index (χ4v) is 3.05. The summed E-state index contributed by atoms with van der Waals surface area (Å²) in [5.41, 5.74) is 8.59. The zero-order chi connectivity index (χ0) is 18.0. The highest BCUT2D eigenvalue weighted by Gasteiger charge is 2.14. The number of hydrogen-bond acceptors (Lipinski definition) is 6. The minimum Gasteiger partial charge on any atom is -0.402 e. The van der Waals surface area contributed by atoms with E-state index in [-0.39, 0.29) is 5.71 Å². The van der Waals surface area contributed by atoms with Gasteiger partial charge in [0.25, 0.3) is 5.91 Å². The molecular weight excluding hydrogens is 334 g/mol. The number of fused-ring (bicyclic) bond motifs is 1. The quantitative estimate of drug-likeness (QED) is 0.625. The first-order valence-corrected chi connectivity index (χ1v) is 8.42. The van der Waals surface area contributed by atoms with E-state index in [1.54, 1.807) is 26.1 Å². The molecule has 2 aromatic heterocycles. The third-order valence-corrected chi connectivity index (χ3v) is 4.75. The Balaban J connectivity index is 1.86. The number of carbonyl (C=O) groups excluding carboxylic acids is 1. The molecule has 0 aliphatic heterocycles. The molecule has 0 aliphatic rings. The van der Waals surface area contributed by atoms with Gasteiger partial charge in [-0.1, -0.05) is 41.7 Å². The predicted octanol–water partition coefficient (Wildman–Crippen LogP) is 3.57. The van der Waals surface area contributed by atoms with E-state index in [2.05, 4.69) is 15.3 Å². The number of anilines is 1. The van der Waals surface area contributed by atoms with Crippen molar-refractivity contribution in [3.63, 3.8) is 0 Å². The van der Waals surface area contributed by atoms with Crippen molar-refractivity contribution >= 4 is 39.0 Å². The number of nitrogens with zero attached hydrogens (tertiary/aromatic N) is 2. The molecule has 0 fully saturated rings. The Morgan fingerprint density at radius 2 is 1.96 bits per heavy atom. The zero-order valence-electron chi connectivity index (χ0n) is 13.8. The Morgan fingerprint density at radius 3 is 2.64 bits per heavy atom. The van der Waals surface area contributed by atoms with Crippen LogP contribution in [0.2, 0.25) is 0 Å². The highest BCUT2D eigenvalue weighted by molar-refractivity contribution is 7.21. The van der Waals surface area contributed by atoms with Crippen LogP contribution in [0.25, 0.3) is 20.9 Å². The van der Waals surface area contributed by atoms with Gasteiger partial charge in [-0.3, -0.25) is 10.2 Å². The number of carbonyl (C=O) groups is 1. The maximum Gasteiger partial charge on any atom is 0.273 e. The van der Waals surface area contributed by atoms with Crippen LogP contribution in [0.1, 0.15) is 13.8 Å². The van der Waals surface area contributed by atoms with Crippen molar-refractivity contribution in [1.29, 1.82) is 5.41 Å². The SMILES string of the molecule is C/C(N)=C(\C)C(=N)C(=O)Nc1cnc2sc(-c3ccccc3)nc2c1. The van der Waals surface area contributed by atoms with Gasteiger partial charge in [-0.2, -0.15) is 0 Å². The van der Waals surface area contributed by atoms with E-state index >= 15 is 0 Å². The van der Waals surface area contributed by atoms with Gasteiger partial charge in [-0.25, -0.2) is 9.97 Å². The van der Waals surface area contributed by atoms with Crippen LogP contribution in [-0.4, -0.2) is 21.6 Å². The van der Waals surface area contributed by atoms with E-state index in [4.69, 9.17) is 11.1 Å². The van der Waals surface area contributed by atoms with Crippen molar-refractivity contribution in [3.8, 4) is 10.6 Å². The zero-order valence-corrected chi connectivity index (χ0v) is 14.6. The normalized spacial score (nSPS) is 11.9. The van der Waals surface area contributed by atoms with E-state index in [9.17, 15) is 4.79 Å². The molecule has 0 radical (unpaired) electrons. The van der Waals surface area contributed by atoms with Crippen LogP contribution in [-0.2, 0) is 4.79 Å². The van der Waals surface area contributed by atoms with Gasteiger partial charge in [0.15, 0.2) is 0 Å². The lowest BCUT2D eigenvalue weighted by atomic mass is 10.1. The first-order chi connectivity index (χ1) is 12.0. The lowest BCUT2D eigenvalue weighted by Crippen LogP contribution is -2.24. The summed E-state index contributed by atoms with van der Waals surface area (Å²) in [4.78, 5) is 21.9. The molecule has 0 saturated carbocycles. The maximum absolute atomic E-state index is 12.2. The molecule has 6 nitrogen and oxygen atoms in total. The topological polar surface area (TPSA) is 105 Å². The second-order valence-corrected chi connectivity index (χ2v) is 6.55. The minimum absolute atomic E-state index is 0.164. The highest BCUT2D eigenvalue weighted by Crippen LogP contribution is 2.29. The summed E-state index contributed by atoms with van der Waals surface area (Å²) in [7, 11) is 0. The second-order valence-electron chi connectivity index (χ2n) is 5.57. The molecule has 25 heavy (non-hydrogen) atoms. The Kier molecular flexibility index (Phi) is 4.58. The molecule has 0 spiro atoms. The number of pyridine rings is 1. The lowest BCUT2D eigenvalue weighted by Gasteiger charge is -2.07. The van der Waals surface area contributed by atoms with Gasteiger partial charge < -0.3 is 11.1 Å². The summed E-state index contributed by atoms with van der Waals surface area (Å²) in [6.07, 6.45) is 1.56. The van der Waals surface area contributed by atoms with E-state index in [1.807, 2.05) is 30.3 Å². The second kappa shape index (κ2) is 6.82. The van der Waals surface area contributed by atoms with Crippen LogP contribution >= 0.6 is 11.3 Å². The summed E-state index contributed by atoms with van der Waals surface area (Å²) in [5, 5.41) is 11.4. The van der Waals surface area contributed by atoms with Crippen molar-refractivity contribution in [2.45, 2.75) is 13.8 Å². The third-order valence-electron chi connectivity index (χ3n) is 3.72. The molecule has 0 aliphatic carbocycles. The molecule has 3 rings (SSSR count). The monoisotopic (exact) mass is 351 g/mol. The van der Waals surface area contributed by atoms with Crippen molar-refractivity contribution in [2.75, 3.05) is 5.32 Å². The number of benzene rings is 1. The fraction of sp³-hybridized carbons (Fsp3) is 0.111. The molecule has 2 heterocycles. The van der Waals surface area contributed by atoms with Crippen LogP contribution in [0.3, 0.4) is 0 Å². The van der Waals surface area contributed by atoms with Crippen LogP contribution in [0, 0.1) is 5.41 Å². The van der Waals surface area contributed by atoms with Crippen LogP contribution in [0.5, 0.6) is 0 Å². The van der Waals surface area contributed by atoms with Crippen molar-refractivity contribution < 1.29 is 4.79 Å². The number of aromatic nitrogens is 2. The van der Waals surface area contributed by atoms with Gasteiger partial charge in [0.2, 0.25) is 0 Å². The number of amides is 1. The average Bonchev–Trinajstić information content (AvgIpc) is 3.04. The maximum atomic E-state index is 12.2. The number of allylic oxidation sites excluding steroid dienone is 1. The highest BCUT2D eigenvalue weighted by atomic mass is 32.1. The Morgan fingerprint density at radius 1 is 1.24 bits per heavy atom. The number of hydrogen-bond donors (Lipinski definition) is 3. The molecule has 7 heteroatoms.